The van der Waals surface area contributed by atoms with Gasteiger partial charge in [-0.3, -0.25) is 9.00 Å². The summed E-state index contributed by atoms with van der Waals surface area (Å²) in [5.74, 6) is -1.17. The first-order valence-electron chi connectivity index (χ1n) is 5.22. The molecule has 0 saturated carbocycles. The van der Waals surface area contributed by atoms with Crippen LogP contribution in [0.15, 0.2) is 24.3 Å². The molecular weight excluding hydrogens is 283 g/mol. The van der Waals surface area contributed by atoms with E-state index in [9.17, 15) is 22.2 Å². The number of halogens is 3. The summed E-state index contributed by atoms with van der Waals surface area (Å²) in [7, 11) is -1.03. The summed E-state index contributed by atoms with van der Waals surface area (Å²) in [5, 5.41) is 1.81. The quantitative estimate of drug-likeness (QED) is 0.894. The highest BCUT2D eigenvalue weighted by molar-refractivity contribution is 7.87. The van der Waals surface area contributed by atoms with Gasteiger partial charge in [-0.15, -0.1) is 0 Å². The number of benzene rings is 1. The number of alkyl halides is 3. The molecule has 1 saturated heterocycles. The molecule has 1 heterocycles. The number of rotatable bonds is 2. The molecule has 2 atom stereocenters. The van der Waals surface area contributed by atoms with Crippen molar-refractivity contribution in [2.24, 2.45) is 0 Å². The average molecular weight is 293 g/mol. The van der Waals surface area contributed by atoms with Crippen molar-refractivity contribution < 1.29 is 26.9 Å². The zero-order valence-corrected chi connectivity index (χ0v) is 10.6. The van der Waals surface area contributed by atoms with Crippen LogP contribution < -0.4 is 10.1 Å². The summed E-state index contributed by atoms with van der Waals surface area (Å²) in [6.45, 7) is 0. The van der Waals surface area contributed by atoms with Gasteiger partial charge in [-0.1, -0.05) is 12.1 Å². The van der Waals surface area contributed by atoms with Crippen molar-refractivity contribution in [1.29, 1.82) is 0 Å². The van der Waals surface area contributed by atoms with Crippen LogP contribution >= 0.6 is 0 Å². The van der Waals surface area contributed by atoms with E-state index >= 15 is 0 Å². The minimum atomic E-state index is -4.85. The second-order valence-electron chi connectivity index (χ2n) is 3.95. The lowest BCUT2D eigenvalue weighted by molar-refractivity contribution is -0.172. The number of hydrogen-bond donors (Lipinski definition) is 1. The maximum atomic E-state index is 13.3. The predicted octanol–water partition coefficient (Wildman–Crippen LogP) is 1.29. The van der Waals surface area contributed by atoms with Crippen molar-refractivity contribution in [3.05, 3.63) is 29.8 Å². The molecule has 0 aromatic heterocycles. The highest BCUT2D eigenvalue weighted by atomic mass is 32.2. The lowest BCUT2D eigenvalue weighted by Crippen LogP contribution is -2.53. The van der Waals surface area contributed by atoms with Crippen molar-refractivity contribution in [2.45, 2.75) is 11.0 Å². The van der Waals surface area contributed by atoms with Crippen LogP contribution in [0, 0.1) is 0 Å². The normalized spacial score (nSPS) is 27.2. The fraction of sp³-hybridized carbons (Fsp3) is 0.364. The molecule has 1 aromatic rings. The zero-order valence-electron chi connectivity index (χ0n) is 9.78. The molecule has 0 aliphatic carbocycles. The molecule has 1 aromatic carbocycles. The van der Waals surface area contributed by atoms with E-state index in [1.54, 1.807) is 5.32 Å². The Kier molecular flexibility index (Phi) is 3.29. The largest absolute Gasteiger partial charge is 0.497 e. The van der Waals surface area contributed by atoms with Gasteiger partial charge >= 0.3 is 6.18 Å². The predicted molar refractivity (Wildman–Crippen MR) is 61.9 cm³/mol. The van der Waals surface area contributed by atoms with Gasteiger partial charge in [0.1, 0.15) is 11.5 Å². The molecule has 0 bridgehead atoms. The van der Waals surface area contributed by atoms with Gasteiger partial charge in [0.05, 0.1) is 17.9 Å². The molecule has 1 amide bonds. The minimum Gasteiger partial charge on any atom is -0.497 e. The van der Waals surface area contributed by atoms with Crippen LogP contribution in [0.3, 0.4) is 0 Å². The Bertz CT molecular complexity index is 529. The van der Waals surface area contributed by atoms with Crippen LogP contribution in [0.25, 0.3) is 0 Å². The molecule has 104 valence electrons. The van der Waals surface area contributed by atoms with Gasteiger partial charge in [0.25, 0.3) is 0 Å². The molecule has 1 aliphatic rings. The number of carbonyl (C=O) groups excluding carboxylic acids is 1. The Balaban J connectivity index is 2.55. The Morgan fingerprint density at radius 3 is 2.26 bits per heavy atom. The Morgan fingerprint density at radius 2 is 1.89 bits per heavy atom. The topological polar surface area (TPSA) is 55.4 Å². The van der Waals surface area contributed by atoms with Gasteiger partial charge in [0.2, 0.25) is 10.8 Å². The third kappa shape index (κ3) is 2.09. The Hall–Kier alpha value is -1.57. The Labute approximate surface area is 109 Å². The second-order valence-corrected chi connectivity index (χ2v) is 5.54. The fourth-order valence-corrected chi connectivity index (χ4v) is 3.32. The number of carbonyl (C=O) groups is 1. The first kappa shape index (κ1) is 13.9. The van der Waals surface area contributed by atoms with Gasteiger partial charge in [-0.05, 0) is 17.7 Å². The molecule has 8 heteroatoms. The number of nitrogens with one attached hydrogen (secondary N) is 1. The molecule has 4 nitrogen and oxygen atoms in total. The summed E-state index contributed by atoms with van der Waals surface area (Å²) >= 11 is 0. The monoisotopic (exact) mass is 293 g/mol. The van der Waals surface area contributed by atoms with Crippen LogP contribution in [-0.2, 0) is 20.5 Å². The summed E-state index contributed by atoms with van der Waals surface area (Å²) in [6.07, 6.45) is -4.85. The van der Waals surface area contributed by atoms with E-state index in [0.29, 0.717) is 5.75 Å². The third-order valence-electron chi connectivity index (χ3n) is 2.81. The smallest absolute Gasteiger partial charge is 0.427 e. The van der Waals surface area contributed by atoms with Crippen LogP contribution in [0.5, 0.6) is 5.75 Å². The molecule has 0 radical (unpaired) electrons. The third-order valence-corrected chi connectivity index (χ3v) is 4.59. The summed E-state index contributed by atoms with van der Waals surface area (Å²) in [6, 6.07) is 4.95. The highest BCUT2D eigenvalue weighted by Gasteiger charge is 2.64. The molecule has 1 aliphatic heterocycles. The van der Waals surface area contributed by atoms with E-state index in [1.807, 2.05) is 0 Å². The Morgan fingerprint density at radius 1 is 1.32 bits per heavy atom. The fourth-order valence-electron chi connectivity index (χ4n) is 1.91. The van der Waals surface area contributed by atoms with Crippen LogP contribution in [0.4, 0.5) is 13.2 Å². The lowest BCUT2D eigenvalue weighted by Gasteiger charge is -2.30. The van der Waals surface area contributed by atoms with Crippen molar-refractivity contribution in [3.8, 4) is 5.75 Å². The van der Waals surface area contributed by atoms with E-state index in [2.05, 4.69) is 0 Å². The van der Waals surface area contributed by atoms with Gasteiger partial charge in [-0.25, -0.2) is 0 Å². The molecule has 2 unspecified atom stereocenters. The summed E-state index contributed by atoms with van der Waals surface area (Å²) < 4.78 is 56.4. The number of hydrogen-bond acceptors (Lipinski definition) is 3. The molecule has 19 heavy (non-hydrogen) atoms. The highest BCUT2D eigenvalue weighted by Crippen LogP contribution is 2.44. The first-order chi connectivity index (χ1) is 8.81. The number of amides is 1. The maximum absolute atomic E-state index is 13.3. The van der Waals surface area contributed by atoms with Gasteiger partial charge < -0.3 is 10.1 Å². The second kappa shape index (κ2) is 4.52. The SMILES string of the molecule is COc1ccc(C2(C(F)(F)F)NC(=O)CS2=O)cc1. The van der Waals surface area contributed by atoms with Crippen molar-refractivity contribution in [1.82, 2.24) is 5.32 Å². The summed E-state index contributed by atoms with van der Waals surface area (Å²) in [5.41, 5.74) is -0.273. The molecular formula is C11H10F3NO3S. The standard InChI is InChI=1S/C11H10F3NO3S/c1-18-8-4-2-7(3-5-8)10(11(12,13)14)15-9(16)6-19(10)17/h2-5H,6H2,1H3,(H,15,16). The van der Waals surface area contributed by atoms with Gasteiger partial charge in [-0.2, -0.15) is 13.2 Å². The maximum Gasteiger partial charge on any atom is 0.427 e. The molecule has 2 rings (SSSR count). The van der Waals surface area contributed by atoms with E-state index in [1.165, 1.54) is 19.2 Å². The minimum absolute atomic E-state index is 0.273. The van der Waals surface area contributed by atoms with Crippen LogP contribution in [0.1, 0.15) is 5.56 Å². The van der Waals surface area contributed by atoms with Crippen LogP contribution in [0.2, 0.25) is 0 Å². The molecule has 0 spiro atoms. The van der Waals surface area contributed by atoms with Gasteiger partial charge in [0, 0.05) is 0 Å². The zero-order chi connectivity index (χ0) is 14.3. The van der Waals surface area contributed by atoms with E-state index in [0.717, 1.165) is 12.1 Å². The van der Waals surface area contributed by atoms with Crippen molar-refractivity contribution >= 4 is 16.7 Å². The lowest BCUT2D eigenvalue weighted by atomic mass is 10.1. The summed E-state index contributed by atoms with van der Waals surface area (Å²) in [4.78, 5) is 8.35. The number of methoxy groups -OCH3 is 1. The van der Waals surface area contributed by atoms with E-state index in [-0.39, 0.29) is 5.56 Å². The molecule has 1 N–H and O–H groups in total. The van der Waals surface area contributed by atoms with Gasteiger partial charge in [0.15, 0.2) is 0 Å². The van der Waals surface area contributed by atoms with E-state index in [4.69, 9.17) is 4.74 Å². The first-order valence-corrected chi connectivity index (χ1v) is 6.54. The number of ether oxygens (including phenoxy) is 1. The van der Waals surface area contributed by atoms with Crippen molar-refractivity contribution in [3.63, 3.8) is 0 Å². The molecule has 1 fully saturated rings. The van der Waals surface area contributed by atoms with E-state index < -0.39 is 33.5 Å². The van der Waals surface area contributed by atoms with Crippen LogP contribution in [-0.4, -0.2) is 29.2 Å². The average Bonchev–Trinajstić information content (AvgIpc) is 2.65. The van der Waals surface area contributed by atoms with Crippen molar-refractivity contribution in [2.75, 3.05) is 12.9 Å².